The van der Waals surface area contributed by atoms with Crippen molar-refractivity contribution in [2.45, 2.75) is 38.5 Å². The molecule has 0 atom stereocenters. The Morgan fingerprint density at radius 1 is 0.479 bits per heavy atom. The van der Waals surface area contributed by atoms with Gasteiger partial charge in [-0.2, -0.15) is 0 Å². The number of rotatable bonds is 18. The van der Waals surface area contributed by atoms with Crippen LogP contribution >= 0.6 is 7.82 Å². The first-order chi connectivity index (χ1) is 22.7. The third kappa shape index (κ3) is 10.7. The number of methoxy groups -OCH3 is 6. The summed E-state index contributed by atoms with van der Waals surface area (Å²) in [4.78, 5) is 12.6. The average Bonchev–Trinajstić information content (AvgIpc) is 3.09. The maximum absolute atomic E-state index is 12.6. The Bertz CT molecular complexity index is 1480. The van der Waals surface area contributed by atoms with E-state index < -0.39 is 7.82 Å². The number of hydrogen-bond donors (Lipinski definition) is 0. The summed E-state index contributed by atoms with van der Waals surface area (Å²) < 4.78 is 55.9. The van der Waals surface area contributed by atoms with Crippen molar-refractivity contribution in [1.82, 2.24) is 0 Å². The second-order valence-electron chi connectivity index (χ2n) is 10.6. The largest absolute Gasteiger partial charge is 1.00 e. The zero-order valence-corrected chi connectivity index (χ0v) is 31.6. The van der Waals surface area contributed by atoms with Gasteiger partial charge < -0.3 is 42.4 Å². The maximum Gasteiger partial charge on any atom is 1.00 e. The minimum atomic E-state index is -4.67. The van der Waals surface area contributed by atoms with Crippen molar-refractivity contribution in [3.8, 4) is 46.0 Å². The van der Waals surface area contributed by atoms with Crippen LogP contribution in [-0.2, 0) is 30.2 Å². The molecule has 0 heterocycles. The Morgan fingerprint density at radius 3 is 1.06 bits per heavy atom. The van der Waals surface area contributed by atoms with E-state index in [9.17, 15) is 9.46 Å². The van der Waals surface area contributed by atoms with E-state index >= 15 is 0 Å². The molecule has 0 saturated heterocycles. The summed E-state index contributed by atoms with van der Waals surface area (Å²) in [6.07, 6.45) is 4.62. The Hall–Kier alpha value is -3.53. The molecule has 4 aromatic rings. The summed E-state index contributed by atoms with van der Waals surface area (Å²) in [5.41, 5.74) is 3.99. The SMILES string of the molecule is COc1cc(OC)c(CCCc2ccc(OP(=O)([O-])Oc3ccc(CCCc4c(OC)cc(OC)cc4OC)cc3)cc2)c(OC)c1.[Na+]. The fourth-order valence-corrected chi connectivity index (χ4v) is 6.09. The zero-order valence-electron chi connectivity index (χ0n) is 28.7. The van der Waals surface area contributed by atoms with Gasteiger partial charge in [0.05, 0.1) is 42.7 Å². The van der Waals surface area contributed by atoms with Gasteiger partial charge in [-0.1, -0.05) is 24.3 Å². The van der Waals surface area contributed by atoms with Crippen LogP contribution in [0.2, 0.25) is 0 Å². The van der Waals surface area contributed by atoms with E-state index in [1.54, 1.807) is 66.9 Å². The summed E-state index contributed by atoms with van der Waals surface area (Å²) in [7, 11) is 5.00. The van der Waals surface area contributed by atoms with Crippen LogP contribution in [0.1, 0.15) is 35.1 Å². The van der Waals surface area contributed by atoms with Gasteiger partial charge in [-0.05, 0) is 73.9 Å². The molecule has 0 aromatic heterocycles. The van der Waals surface area contributed by atoms with E-state index in [1.807, 2.05) is 48.5 Å². The molecule has 0 bridgehead atoms. The van der Waals surface area contributed by atoms with Gasteiger partial charge in [-0.3, -0.25) is 0 Å². The van der Waals surface area contributed by atoms with Crippen molar-refractivity contribution in [2.75, 3.05) is 42.7 Å². The molecule has 252 valence electrons. The molecule has 48 heavy (non-hydrogen) atoms. The third-order valence-electron chi connectivity index (χ3n) is 7.70. The topological polar surface area (TPSA) is 114 Å². The van der Waals surface area contributed by atoms with Crippen molar-refractivity contribution in [1.29, 1.82) is 0 Å². The molecule has 0 aliphatic rings. The third-order valence-corrected chi connectivity index (χ3v) is 8.57. The molecule has 0 N–H and O–H groups in total. The van der Waals surface area contributed by atoms with Crippen LogP contribution in [0.4, 0.5) is 0 Å². The van der Waals surface area contributed by atoms with Gasteiger partial charge >= 0.3 is 37.4 Å². The van der Waals surface area contributed by atoms with Crippen molar-refractivity contribution in [2.24, 2.45) is 0 Å². The van der Waals surface area contributed by atoms with Gasteiger partial charge in [0.1, 0.15) is 46.0 Å². The molecular formula is C36H42NaO10P. The molecule has 0 fully saturated rings. The molecule has 0 unspecified atom stereocenters. The first kappa shape index (κ1) is 38.9. The second-order valence-corrected chi connectivity index (χ2v) is 11.9. The quantitative estimate of drug-likeness (QED) is 0.112. The summed E-state index contributed by atoms with van der Waals surface area (Å²) in [6, 6.07) is 21.2. The Labute approximate surface area is 305 Å². The summed E-state index contributed by atoms with van der Waals surface area (Å²) >= 11 is 0. The maximum atomic E-state index is 12.6. The van der Waals surface area contributed by atoms with E-state index in [2.05, 4.69) is 0 Å². The zero-order chi connectivity index (χ0) is 33.8. The van der Waals surface area contributed by atoms with Gasteiger partial charge in [0.2, 0.25) is 0 Å². The number of ether oxygens (including phenoxy) is 6. The van der Waals surface area contributed by atoms with E-state index in [1.165, 1.54) is 0 Å². The first-order valence-electron chi connectivity index (χ1n) is 15.2. The molecule has 4 aromatic carbocycles. The van der Waals surface area contributed by atoms with E-state index in [0.717, 1.165) is 60.8 Å². The van der Waals surface area contributed by atoms with Crippen LogP contribution in [0.3, 0.4) is 0 Å². The molecule has 12 heteroatoms. The molecule has 0 amide bonds. The number of phosphoric ester groups is 1. The van der Waals surface area contributed by atoms with Crippen molar-refractivity contribution >= 4 is 7.82 Å². The molecule has 4 rings (SSSR count). The van der Waals surface area contributed by atoms with Gasteiger partial charge in [0, 0.05) is 35.4 Å². The summed E-state index contributed by atoms with van der Waals surface area (Å²) in [5, 5.41) is 0. The van der Waals surface area contributed by atoms with E-state index in [4.69, 9.17) is 37.5 Å². The second kappa shape index (κ2) is 18.9. The van der Waals surface area contributed by atoms with Crippen molar-refractivity contribution < 1.29 is 76.5 Å². The fraction of sp³-hybridized carbons (Fsp3) is 0.333. The van der Waals surface area contributed by atoms with Gasteiger partial charge in [0.25, 0.3) is 0 Å². The van der Waals surface area contributed by atoms with Crippen LogP contribution in [0.25, 0.3) is 0 Å². The Morgan fingerprint density at radius 2 is 0.792 bits per heavy atom. The monoisotopic (exact) mass is 688 g/mol. The summed E-state index contributed by atoms with van der Waals surface area (Å²) in [5.74, 6) is 4.49. The molecule has 0 radical (unpaired) electrons. The minimum Gasteiger partial charge on any atom is -0.736 e. The van der Waals surface area contributed by atoms with Crippen molar-refractivity contribution in [3.63, 3.8) is 0 Å². The molecular weight excluding hydrogens is 646 g/mol. The number of phosphoric acid groups is 1. The van der Waals surface area contributed by atoms with Crippen LogP contribution in [0.5, 0.6) is 46.0 Å². The van der Waals surface area contributed by atoms with Crippen LogP contribution in [-0.4, -0.2) is 42.7 Å². The minimum absolute atomic E-state index is 0. The van der Waals surface area contributed by atoms with Crippen LogP contribution < -0.4 is 71.9 Å². The molecule has 0 spiro atoms. The number of hydrogen-bond acceptors (Lipinski definition) is 10. The van der Waals surface area contributed by atoms with Gasteiger partial charge in [0.15, 0.2) is 0 Å². The predicted molar refractivity (Wildman–Crippen MR) is 178 cm³/mol. The van der Waals surface area contributed by atoms with Crippen LogP contribution in [0.15, 0.2) is 72.8 Å². The van der Waals surface area contributed by atoms with E-state index in [-0.39, 0.29) is 41.1 Å². The molecule has 0 aliphatic heterocycles. The molecule has 10 nitrogen and oxygen atoms in total. The summed E-state index contributed by atoms with van der Waals surface area (Å²) in [6.45, 7) is 0. The molecule has 0 aliphatic carbocycles. The molecule has 0 saturated carbocycles. The number of benzene rings is 4. The standard InChI is InChI=1S/C36H43O10P.Na/c1-39-29-21-33(41-3)31(34(22-29)42-4)11-7-9-25-13-17-27(18-14-25)45-47(37,38)46-28-19-15-26(16-20-28)10-8-12-32-35(43-5)23-30(40-2)24-36(32)44-6;/h13-24H,7-12H2,1-6H3,(H,37,38);/q;+1/p-1. The predicted octanol–water partition coefficient (Wildman–Crippen LogP) is 4.02. The fourth-order valence-electron chi connectivity index (χ4n) is 5.30. The van der Waals surface area contributed by atoms with Crippen molar-refractivity contribution in [3.05, 3.63) is 95.1 Å². The van der Waals surface area contributed by atoms with Gasteiger partial charge in [-0.15, -0.1) is 0 Å². The van der Waals surface area contributed by atoms with Gasteiger partial charge in [-0.25, -0.2) is 4.57 Å². The normalized spacial score (nSPS) is 10.8. The smallest absolute Gasteiger partial charge is 0.736 e. The first-order valence-corrected chi connectivity index (χ1v) is 16.6. The Balaban J connectivity index is 0.00000625. The Kier molecular flexibility index (Phi) is 15.3. The average molecular weight is 689 g/mol. The van der Waals surface area contributed by atoms with E-state index in [0.29, 0.717) is 34.5 Å². The van der Waals surface area contributed by atoms with Crippen LogP contribution in [0, 0.1) is 0 Å². The number of aryl methyl sites for hydroxylation is 2.